The number of hydrogen-bond acceptors (Lipinski definition) is 2. The van der Waals surface area contributed by atoms with Crippen LogP contribution in [0, 0.1) is 13.8 Å². The maximum absolute atomic E-state index is 10.6. The fourth-order valence-corrected chi connectivity index (χ4v) is 1.53. The lowest BCUT2D eigenvalue weighted by atomic mass is 10.0. The van der Waals surface area contributed by atoms with Gasteiger partial charge in [-0.2, -0.15) is 0 Å². The zero-order valence-corrected chi connectivity index (χ0v) is 8.24. The number of nitrogens with zero attached hydrogens (tertiary/aromatic N) is 1. The maximum Gasteiger partial charge on any atom is 0.151 e. The molecule has 2 heteroatoms. The van der Waals surface area contributed by atoms with Gasteiger partial charge in [-0.1, -0.05) is 12.1 Å². The van der Waals surface area contributed by atoms with Gasteiger partial charge in [0, 0.05) is 17.1 Å². The molecule has 1 aromatic carbocycles. The maximum atomic E-state index is 10.6. The van der Waals surface area contributed by atoms with Gasteiger partial charge in [0.15, 0.2) is 6.29 Å². The van der Waals surface area contributed by atoms with E-state index in [2.05, 4.69) is 11.9 Å². The summed E-state index contributed by atoms with van der Waals surface area (Å²) in [6, 6.07) is 5.91. The molecule has 0 aliphatic carbocycles. The Balaban J connectivity index is 2.81. The van der Waals surface area contributed by atoms with E-state index in [0.717, 1.165) is 17.2 Å². The molecule has 0 aliphatic rings. The third-order valence-electron chi connectivity index (χ3n) is 2.53. The predicted octanol–water partition coefficient (Wildman–Crippen LogP) is 2.66. The topological polar surface area (TPSA) is 30.0 Å². The molecule has 1 heterocycles. The molecule has 0 aliphatic heterocycles. The highest BCUT2D eigenvalue weighted by molar-refractivity contribution is 5.88. The lowest BCUT2D eigenvalue weighted by molar-refractivity contribution is 0.112. The Morgan fingerprint density at radius 3 is 2.79 bits per heavy atom. The van der Waals surface area contributed by atoms with Crippen molar-refractivity contribution in [3.63, 3.8) is 0 Å². The molecule has 0 bridgehead atoms. The fourth-order valence-electron chi connectivity index (χ4n) is 1.53. The second-order valence-corrected chi connectivity index (χ2v) is 3.47. The number of rotatable bonds is 1. The third-order valence-corrected chi connectivity index (χ3v) is 2.53. The summed E-state index contributed by atoms with van der Waals surface area (Å²) in [5, 5.41) is 1.03. The van der Waals surface area contributed by atoms with Crippen LogP contribution in [-0.4, -0.2) is 11.3 Å². The molecule has 1 aromatic heterocycles. The monoisotopic (exact) mass is 185 g/mol. The highest BCUT2D eigenvalue weighted by Crippen LogP contribution is 2.19. The molecular weight excluding hydrogens is 174 g/mol. The summed E-state index contributed by atoms with van der Waals surface area (Å²) < 4.78 is 0. The van der Waals surface area contributed by atoms with Crippen molar-refractivity contribution in [1.29, 1.82) is 0 Å². The molecule has 0 fully saturated rings. The SMILES string of the molecule is Cc1ccc2cc(C=O)cnc2c1C. The van der Waals surface area contributed by atoms with E-state index in [-0.39, 0.29) is 0 Å². The van der Waals surface area contributed by atoms with Crippen molar-refractivity contribution in [2.24, 2.45) is 0 Å². The molecule has 0 spiro atoms. The zero-order chi connectivity index (χ0) is 10.1. The molecule has 2 rings (SSSR count). The molecule has 2 aromatic rings. The Hall–Kier alpha value is -1.70. The lowest BCUT2D eigenvalue weighted by Crippen LogP contribution is -1.89. The van der Waals surface area contributed by atoms with Gasteiger partial charge in [-0.05, 0) is 31.0 Å². The molecular formula is C12H11NO. The largest absolute Gasteiger partial charge is 0.298 e. The Labute approximate surface area is 82.6 Å². The number of pyridine rings is 1. The summed E-state index contributed by atoms with van der Waals surface area (Å²) in [7, 11) is 0. The highest BCUT2D eigenvalue weighted by atomic mass is 16.1. The summed E-state index contributed by atoms with van der Waals surface area (Å²) in [6.45, 7) is 4.11. The number of benzene rings is 1. The first-order valence-electron chi connectivity index (χ1n) is 4.53. The number of aldehydes is 1. The minimum absolute atomic E-state index is 0.626. The van der Waals surface area contributed by atoms with Gasteiger partial charge >= 0.3 is 0 Å². The molecule has 14 heavy (non-hydrogen) atoms. The standard InChI is InChI=1S/C12H11NO/c1-8-3-4-11-5-10(7-14)6-13-12(11)9(8)2/h3-7H,1-2H3. The van der Waals surface area contributed by atoms with Crippen molar-refractivity contribution in [1.82, 2.24) is 4.98 Å². The van der Waals surface area contributed by atoms with E-state index in [9.17, 15) is 4.79 Å². The third kappa shape index (κ3) is 1.29. The normalized spacial score (nSPS) is 10.4. The summed E-state index contributed by atoms with van der Waals surface area (Å²) in [4.78, 5) is 14.8. The number of aromatic nitrogens is 1. The van der Waals surface area contributed by atoms with E-state index in [1.807, 2.05) is 25.1 Å². The van der Waals surface area contributed by atoms with Crippen molar-refractivity contribution < 1.29 is 4.79 Å². The first-order chi connectivity index (χ1) is 6.72. The Bertz CT molecular complexity index is 503. The van der Waals surface area contributed by atoms with Gasteiger partial charge in [-0.25, -0.2) is 0 Å². The quantitative estimate of drug-likeness (QED) is 0.639. The molecule has 0 unspecified atom stereocenters. The van der Waals surface area contributed by atoms with Gasteiger partial charge in [0.05, 0.1) is 5.52 Å². The van der Waals surface area contributed by atoms with Crippen LogP contribution < -0.4 is 0 Å². The summed E-state index contributed by atoms with van der Waals surface area (Å²) in [5.41, 5.74) is 4.01. The molecule has 0 N–H and O–H groups in total. The first-order valence-corrected chi connectivity index (χ1v) is 4.53. The van der Waals surface area contributed by atoms with Crippen LogP contribution in [0.25, 0.3) is 10.9 Å². The van der Waals surface area contributed by atoms with Gasteiger partial charge in [-0.3, -0.25) is 9.78 Å². The number of fused-ring (bicyclic) bond motifs is 1. The second-order valence-electron chi connectivity index (χ2n) is 3.47. The minimum Gasteiger partial charge on any atom is -0.298 e. The molecule has 0 saturated carbocycles. The van der Waals surface area contributed by atoms with Crippen LogP contribution >= 0.6 is 0 Å². The van der Waals surface area contributed by atoms with Crippen LogP contribution in [0.4, 0.5) is 0 Å². The van der Waals surface area contributed by atoms with Crippen molar-refractivity contribution in [3.8, 4) is 0 Å². The summed E-state index contributed by atoms with van der Waals surface area (Å²) in [6.07, 6.45) is 2.43. The van der Waals surface area contributed by atoms with Gasteiger partial charge < -0.3 is 0 Å². The van der Waals surface area contributed by atoms with Crippen LogP contribution in [0.1, 0.15) is 21.5 Å². The highest BCUT2D eigenvalue weighted by Gasteiger charge is 2.02. The average Bonchev–Trinajstić information content (AvgIpc) is 2.23. The average molecular weight is 185 g/mol. The van der Waals surface area contributed by atoms with Crippen LogP contribution in [0.2, 0.25) is 0 Å². The van der Waals surface area contributed by atoms with Gasteiger partial charge in [0.1, 0.15) is 0 Å². The van der Waals surface area contributed by atoms with Crippen LogP contribution in [-0.2, 0) is 0 Å². The van der Waals surface area contributed by atoms with Gasteiger partial charge in [-0.15, -0.1) is 0 Å². The molecule has 70 valence electrons. The van der Waals surface area contributed by atoms with Crippen molar-refractivity contribution >= 4 is 17.2 Å². The molecule has 0 radical (unpaired) electrons. The van der Waals surface area contributed by atoms with Crippen LogP contribution in [0.5, 0.6) is 0 Å². The van der Waals surface area contributed by atoms with E-state index in [0.29, 0.717) is 5.56 Å². The second kappa shape index (κ2) is 3.22. The van der Waals surface area contributed by atoms with E-state index in [1.165, 1.54) is 11.1 Å². The van der Waals surface area contributed by atoms with E-state index >= 15 is 0 Å². The van der Waals surface area contributed by atoms with E-state index in [4.69, 9.17) is 0 Å². The number of hydrogen-bond donors (Lipinski definition) is 0. The first kappa shape index (κ1) is 8.88. The zero-order valence-electron chi connectivity index (χ0n) is 8.24. The lowest BCUT2D eigenvalue weighted by Gasteiger charge is -2.04. The van der Waals surface area contributed by atoms with Crippen molar-refractivity contribution in [3.05, 3.63) is 41.1 Å². The Morgan fingerprint density at radius 1 is 1.29 bits per heavy atom. The molecule has 0 atom stereocenters. The molecule has 0 saturated heterocycles. The van der Waals surface area contributed by atoms with E-state index < -0.39 is 0 Å². The van der Waals surface area contributed by atoms with Gasteiger partial charge in [0.25, 0.3) is 0 Å². The predicted molar refractivity (Wildman–Crippen MR) is 56.6 cm³/mol. The molecule has 0 amide bonds. The smallest absolute Gasteiger partial charge is 0.151 e. The number of aryl methyl sites for hydroxylation is 2. The molecule has 2 nitrogen and oxygen atoms in total. The Morgan fingerprint density at radius 2 is 2.07 bits per heavy atom. The fraction of sp³-hybridized carbons (Fsp3) is 0.167. The van der Waals surface area contributed by atoms with Gasteiger partial charge in [0.2, 0.25) is 0 Å². The van der Waals surface area contributed by atoms with Crippen molar-refractivity contribution in [2.75, 3.05) is 0 Å². The van der Waals surface area contributed by atoms with Crippen LogP contribution in [0.3, 0.4) is 0 Å². The number of carbonyl (C=O) groups excluding carboxylic acids is 1. The minimum atomic E-state index is 0.626. The van der Waals surface area contributed by atoms with Crippen molar-refractivity contribution in [2.45, 2.75) is 13.8 Å². The Kier molecular flexibility index (Phi) is 2.04. The summed E-state index contributed by atoms with van der Waals surface area (Å²) >= 11 is 0. The number of carbonyl (C=O) groups is 1. The summed E-state index contributed by atoms with van der Waals surface area (Å²) in [5.74, 6) is 0. The van der Waals surface area contributed by atoms with Crippen LogP contribution in [0.15, 0.2) is 24.4 Å². The van der Waals surface area contributed by atoms with E-state index in [1.54, 1.807) is 6.20 Å².